The number of carbonyl (C=O) groups excluding carboxylic acids is 2. The number of Topliss-reactive ketones (excluding diaryl/α,β-unsaturated/α-hetero) is 2. The molecule has 2 aliphatic rings. The van der Waals surface area contributed by atoms with Crippen molar-refractivity contribution in [3.63, 3.8) is 0 Å². The molecule has 0 amide bonds. The van der Waals surface area contributed by atoms with Crippen molar-refractivity contribution in [2.45, 2.75) is 56.2 Å². The second kappa shape index (κ2) is 5.50. The average Bonchev–Trinajstić information content (AvgIpc) is 2.75. The number of halogens is 2. The van der Waals surface area contributed by atoms with Gasteiger partial charge in [-0.3, -0.25) is 9.59 Å². The molecule has 0 aromatic carbocycles. The van der Waals surface area contributed by atoms with Gasteiger partial charge in [0.05, 0.1) is 0 Å². The highest BCUT2D eigenvalue weighted by Crippen LogP contribution is 2.59. The molecule has 0 N–H and O–H groups in total. The lowest BCUT2D eigenvalue weighted by Crippen LogP contribution is -2.55. The van der Waals surface area contributed by atoms with E-state index in [-0.39, 0.29) is 17.6 Å². The van der Waals surface area contributed by atoms with Gasteiger partial charge in [-0.05, 0) is 31.6 Å². The molecule has 0 radical (unpaired) electrons. The zero-order valence-corrected chi connectivity index (χ0v) is 12.3. The Kier molecular flexibility index (Phi) is 4.38. The van der Waals surface area contributed by atoms with E-state index in [9.17, 15) is 9.59 Å². The van der Waals surface area contributed by atoms with Crippen LogP contribution in [0.4, 0.5) is 0 Å². The van der Waals surface area contributed by atoms with Gasteiger partial charge in [0.25, 0.3) is 0 Å². The van der Waals surface area contributed by atoms with Crippen molar-refractivity contribution in [1.29, 1.82) is 0 Å². The van der Waals surface area contributed by atoms with Crippen LogP contribution in [0.2, 0.25) is 0 Å². The fourth-order valence-corrected chi connectivity index (χ4v) is 4.16. The van der Waals surface area contributed by atoms with Gasteiger partial charge >= 0.3 is 0 Å². The standard InChI is InChI=1S/C14H20Cl2O2/c1-2-10(17)6-4-3-5-9-7-8-11-12(9)13(18)14(11,15)16/h9,11-12H,2-8H2,1H3. The summed E-state index contributed by atoms with van der Waals surface area (Å²) in [5, 5.41) is 0. The first kappa shape index (κ1) is 14.3. The van der Waals surface area contributed by atoms with Crippen molar-refractivity contribution in [2.75, 3.05) is 0 Å². The Bertz CT molecular complexity index is 352. The Morgan fingerprint density at radius 2 is 2.06 bits per heavy atom. The Hall–Kier alpha value is -0.0800. The predicted octanol–water partition coefficient (Wildman–Crippen LogP) is 3.92. The molecule has 2 rings (SSSR count). The zero-order valence-electron chi connectivity index (χ0n) is 10.8. The molecule has 0 aliphatic heterocycles. The molecule has 0 spiro atoms. The topological polar surface area (TPSA) is 34.1 Å². The number of unbranched alkanes of at least 4 members (excludes halogenated alkanes) is 1. The molecule has 0 heterocycles. The monoisotopic (exact) mass is 290 g/mol. The molecular weight excluding hydrogens is 271 g/mol. The Labute approximate surface area is 118 Å². The van der Waals surface area contributed by atoms with Gasteiger partial charge in [0.15, 0.2) is 10.1 Å². The normalized spacial score (nSPS) is 33.1. The van der Waals surface area contributed by atoms with Crippen molar-refractivity contribution in [3.05, 3.63) is 0 Å². The third-order valence-electron chi connectivity index (χ3n) is 4.56. The Morgan fingerprint density at radius 3 is 2.72 bits per heavy atom. The number of ketones is 2. The van der Waals surface area contributed by atoms with Gasteiger partial charge in [-0.1, -0.05) is 36.5 Å². The number of rotatable bonds is 6. The smallest absolute Gasteiger partial charge is 0.179 e. The van der Waals surface area contributed by atoms with E-state index in [1.807, 2.05) is 6.92 Å². The van der Waals surface area contributed by atoms with Gasteiger partial charge in [0.1, 0.15) is 5.78 Å². The van der Waals surface area contributed by atoms with Gasteiger partial charge in [0, 0.05) is 24.7 Å². The van der Waals surface area contributed by atoms with Crippen LogP contribution in [0, 0.1) is 17.8 Å². The molecule has 3 atom stereocenters. The van der Waals surface area contributed by atoms with Gasteiger partial charge in [-0.25, -0.2) is 0 Å². The summed E-state index contributed by atoms with van der Waals surface area (Å²) in [6, 6.07) is 0. The summed E-state index contributed by atoms with van der Waals surface area (Å²) in [5.74, 6) is 1.09. The molecule has 2 fully saturated rings. The van der Waals surface area contributed by atoms with Crippen LogP contribution in [0.3, 0.4) is 0 Å². The first-order valence-corrected chi connectivity index (χ1v) is 7.68. The lowest BCUT2D eigenvalue weighted by molar-refractivity contribution is -0.135. The maximum Gasteiger partial charge on any atom is 0.179 e. The van der Waals surface area contributed by atoms with Crippen LogP contribution in [0.25, 0.3) is 0 Å². The SMILES string of the molecule is CCC(=O)CCCCC1CCC2C1C(=O)C2(Cl)Cl. The summed E-state index contributed by atoms with van der Waals surface area (Å²) in [7, 11) is 0. The van der Waals surface area contributed by atoms with Gasteiger partial charge in [0.2, 0.25) is 0 Å². The highest BCUT2D eigenvalue weighted by molar-refractivity contribution is 6.60. The first-order valence-electron chi connectivity index (χ1n) is 6.92. The molecule has 18 heavy (non-hydrogen) atoms. The van der Waals surface area contributed by atoms with Crippen molar-refractivity contribution in [3.8, 4) is 0 Å². The van der Waals surface area contributed by atoms with Crippen LogP contribution in [0.15, 0.2) is 0 Å². The van der Waals surface area contributed by atoms with E-state index in [4.69, 9.17) is 23.2 Å². The molecule has 0 bridgehead atoms. The van der Waals surface area contributed by atoms with Gasteiger partial charge in [-0.2, -0.15) is 0 Å². The van der Waals surface area contributed by atoms with E-state index in [1.54, 1.807) is 0 Å². The van der Waals surface area contributed by atoms with Crippen LogP contribution >= 0.6 is 23.2 Å². The number of hydrogen-bond donors (Lipinski definition) is 0. The van der Waals surface area contributed by atoms with E-state index in [0.29, 0.717) is 24.5 Å². The molecular formula is C14H20Cl2O2. The Balaban J connectivity index is 1.73. The number of fused-ring (bicyclic) bond motifs is 1. The fraction of sp³-hybridized carbons (Fsp3) is 0.857. The molecule has 0 aromatic rings. The molecule has 2 nitrogen and oxygen atoms in total. The zero-order chi connectivity index (χ0) is 13.3. The van der Waals surface area contributed by atoms with Crippen LogP contribution in [-0.2, 0) is 9.59 Å². The van der Waals surface area contributed by atoms with Crippen molar-refractivity contribution < 1.29 is 9.59 Å². The summed E-state index contributed by atoms with van der Waals surface area (Å²) in [6.45, 7) is 1.90. The second-order valence-electron chi connectivity index (χ2n) is 5.59. The third kappa shape index (κ3) is 2.46. The summed E-state index contributed by atoms with van der Waals surface area (Å²) in [4.78, 5) is 23.0. The van der Waals surface area contributed by atoms with Crippen LogP contribution < -0.4 is 0 Å². The minimum absolute atomic E-state index is 0.0305. The molecule has 2 aliphatic carbocycles. The quantitative estimate of drug-likeness (QED) is 0.549. The Morgan fingerprint density at radius 1 is 1.33 bits per heavy atom. The molecule has 0 saturated heterocycles. The molecule has 0 aromatic heterocycles. The summed E-state index contributed by atoms with van der Waals surface area (Å²) < 4.78 is -1.10. The number of hydrogen-bond acceptors (Lipinski definition) is 2. The highest BCUT2D eigenvalue weighted by Gasteiger charge is 2.64. The lowest BCUT2D eigenvalue weighted by atomic mass is 9.69. The predicted molar refractivity (Wildman–Crippen MR) is 72.9 cm³/mol. The maximum atomic E-state index is 11.8. The minimum atomic E-state index is -1.10. The molecule has 4 heteroatoms. The summed E-state index contributed by atoms with van der Waals surface area (Å²) in [6.07, 6.45) is 6.36. The number of alkyl halides is 2. The van der Waals surface area contributed by atoms with Crippen LogP contribution in [0.1, 0.15) is 51.9 Å². The maximum absolute atomic E-state index is 11.8. The van der Waals surface area contributed by atoms with Crippen LogP contribution in [0.5, 0.6) is 0 Å². The van der Waals surface area contributed by atoms with E-state index in [0.717, 1.165) is 32.1 Å². The lowest BCUT2D eigenvalue weighted by Gasteiger charge is -2.43. The minimum Gasteiger partial charge on any atom is -0.300 e. The molecule has 3 unspecified atom stereocenters. The van der Waals surface area contributed by atoms with E-state index < -0.39 is 4.33 Å². The van der Waals surface area contributed by atoms with Crippen molar-refractivity contribution in [2.24, 2.45) is 17.8 Å². The highest BCUT2D eigenvalue weighted by atomic mass is 35.5. The van der Waals surface area contributed by atoms with E-state index in [2.05, 4.69) is 0 Å². The van der Waals surface area contributed by atoms with Crippen molar-refractivity contribution in [1.82, 2.24) is 0 Å². The van der Waals surface area contributed by atoms with E-state index >= 15 is 0 Å². The van der Waals surface area contributed by atoms with Gasteiger partial charge < -0.3 is 0 Å². The summed E-state index contributed by atoms with van der Waals surface area (Å²) >= 11 is 12.0. The largest absolute Gasteiger partial charge is 0.300 e. The first-order chi connectivity index (χ1) is 8.48. The van der Waals surface area contributed by atoms with Crippen LogP contribution in [-0.4, -0.2) is 15.9 Å². The van der Waals surface area contributed by atoms with E-state index in [1.165, 1.54) is 0 Å². The molecule has 2 saturated carbocycles. The van der Waals surface area contributed by atoms with Crippen molar-refractivity contribution >= 4 is 34.8 Å². The third-order valence-corrected chi connectivity index (χ3v) is 5.49. The van der Waals surface area contributed by atoms with Gasteiger partial charge in [-0.15, -0.1) is 0 Å². The average molecular weight is 291 g/mol. The summed E-state index contributed by atoms with van der Waals surface area (Å²) in [5.41, 5.74) is 0. The second-order valence-corrected chi connectivity index (χ2v) is 6.98. The molecule has 102 valence electrons. The number of carbonyl (C=O) groups is 2. The fourth-order valence-electron chi connectivity index (χ4n) is 3.42.